The first kappa shape index (κ1) is 14.6. The maximum atomic E-state index is 12.4. The zero-order valence-electron chi connectivity index (χ0n) is 11.2. The molecule has 0 aromatic heterocycles. The van der Waals surface area contributed by atoms with Crippen molar-refractivity contribution in [3.63, 3.8) is 0 Å². The summed E-state index contributed by atoms with van der Waals surface area (Å²) in [6.45, 7) is 1.02. The molecule has 3 rings (SSSR count). The molecule has 5 heteroatoms. The molecule has 0 saturated heterocycles. The van der Waals surface area contributed by atoms with E-state index in [1.807, 2.05) is 30.3 Å². The number of carbonyl (C=O) groups excluding carboxylic acids is 1. The van der Waals surface area contributed by atoms with Gasteiger partial charge in [0.25, 0.3) is 5.91 Å². The molecule has 0 saturated carbocycles. The maximum absolute atomic E-state index is 12.4. The number of hydrogen-bond donors (Lipinski definition) is 2. The van der Waals surface area contributed by atoms with Gasteiger partial charge in [0.1, 0.15) is 0 Å². The van der Waals surface area contributed by atoms with Crippen LogP contribution in [0.3, 0.4) is 0 Å². The van der Waals surface area contributed by atoms with Gasteiger partial charge >= 0.3 is 0 Å². The van der Waals surface area contributed by atoms with Crippen LogP contribution in [-0.4, -0.2) is 12.5 Å². The Morgan fingerprint density at radius 2 is 2.00 bits per heavy atom. The van der Waals surface area contributed by atoms with Crippen molar-refractivity contribution in [1.82, 2.24) is 0 Å². The second kappa shape index (κ2) is 6.20. The molecule has 0 unspecified atom stereocenters. The van der Waals surface area contributed by atoms with Gasteiger partial charge in [0.15, 0.2) is 0 Å². The van der Waals surface area contributed by atoms with Gasteiger partial charge in [0.2, 0.25) is 0 Å². The van der Waals surface area contributed by atoms with Crippen molar-refractivity contribution in [3.05, 3.63) is 56.5 Å². The van der Waals surface area contributed by atoms with Crippen LogP contribution < -0.4 is 10.6 Å². The number of benzene rings is 2. The molecule has 2 aromatic carbocycles. The predicted octanol–water partition coefficient (Wildman–Crippen LogP) is 4.82. The van der Waals surface area contributed by atoms with E-state index in [1.54, 1.807) is 6.07 Å². The van der Waals surface area contributed by atoms with E-state index >= 15 is 0 Å². The van der Waals surface area contributed by atoms with Gasteiger partial charge in [-0.25, -0.2) is 0 Å². The average Bonchev–Trinajstić information content (AvgIpc) is 2.49. The zero-order chi connectivity index (χ0) is 14.8. The van der Waals surface area contributed by atoms with Gasteiger partial charge in [-0.3, -0.25) is 4.79 Å². The highest BCUT2D eigenvalue weighted by molar-refractivity contribution is 9.11. The molecule has 1 aliphatic rings. The molecule has 0 spiro atoms. The standard InChI is InChI=1S/C16H14Br2N2O/c17-11-3-5-14(18)13(9-11)16(21)20-12-4-6-15-10(8-12)2-1-7-19-15/h3-6,8-9,19H,1-2,7H2,(H,20,21). The highest BCUT2D eigenvalue weighted by atomic mass is 79.9. The maximum Gasteiger partial charge on any atom is 0.256 e. The molecule has 108 valence electrons. The molecule has 1 amide bonds. The number of rotatable bonds is 2. The number of halogens is 2. The van der Waals surface area contributed by atoms with Crippen molar-refractivity contribution >= 4 is 49.1 Å². The summed E-state index contributed by atoms with van der Waals surface area (Å²) in [4.78, 5) is 12.4. The summed E-state index contributed by atoms with van der Waals surface area (Å²) in [7, 11) is 0. The molecule has 0 atom stereocenters. The summed E-state index contributed by atoms with van der Waals surface area (Å²) in [5.41, 5.74) is 3.87. The quantitative estimate of drug-likeness (QED) is 0.746. The molecular formula is C16H14Br2N2O. The monoisotopic (exact) mass is 408 g/mol. The normalized spacial score (nSPS) is 13.2. The Hall–Kier alpha value is -1.33. The second-order valence-electron chi connectivity index (χ2n) is 4.98. The van der Waals surface area contributed by atoms with Crippen LogP contribution >= 0.6 is 31.9 Å². The van der Waals surface area contributed by atoms with E-state index in [4.69, 9.17) is 0 Å². The molecule has 0 aliphatic carbocycles. The van der Waals surface area contributed by atoms with Crippen LogP contribution in [0.1, 0.15) is 22.3 Å². The van der Waals surface area contributed by atoms with Crippen molar-refractivity contribution in [1.29, 1.82) is 0 Å². The van der Waals surface area contributed by atoms with Gasteiger partial charge in [-0.1, -0.05) is 15.9 Å². The Balaban J connectivity index is 1.83. The molecule has 0 bridgehead atoms. The second-order valence-corrected chi connectivity index (χ2v) is 6.75. The van der Waals surface area contributed by atoms with Crippen molar-refractivity contribution in [2.45, 2.75) is 12.8 Å². The first-order valence-corrected chi connectivity index (χ1v) is 8.35. The summed E-state index contributed by atoms with van der Waals surface area (Å²) in [5.74, 6) is -0.119. The van der Waals surface area contributed by atoms with Crippen LogP contribution in [0.15, 0.2) is 45.3 Å². The zero-order valence-corrected chi connectivity index (χ0v) is 14.4. The summed E-state index contributed by atoms with van der Waals surface area (Å²) in [5, 5.41) is 6.32. The molecule has 1 aliphatic heterocycles. The van der Waals surface area contributed by atoms with Crippen LogP contribution in [0, 0.1) is 0 Å². The highest BCUT2D eigenvalue weighted by Crippen LogP contribution is 2.26. The predicted molar refractivity (Wildman–Crippen MR) is 93.0 cm³/mol. The Labute approximate surface area is 140 Å². The number of aryl methyl sites for hydroxylation is 1. The van der Waals surface area contributed by atoms with Crippen molar-refractivity contribution in [2.24, 2.45) is 0 Å². The van der Waals surface area contributed by atoms with Crippen LogP contribution in [-0.2, 0) is 6.42 Å². The van der Waals surface area contributed by atoms with E-state index in [1.165, 1.54) is 11.3 Å². The van der Waals surface area contributed by atoms with Crippen molar-refractivity contribution in [2.75, 3.05) is 17.2 Å². The number of fused-ring (bicyclic) bond motifs is 1. The topological polar surface area (TPSA) is 41.1 Å². The van der Waals surface area contributed by atoms with Gasteiger partial charge in [-0.15, -0.1) is 0 Å². The van der Waals surface area contributed by atoms with E-state index in [9.17, 15) is 4.79 Å². The van der Waals surface area contributed by atoms with E-state index < -0.39 is 0 Å². The molecule has 2 N–H and O–H groups in total. The lowest BCUT2D eigenvalue weighted by molar-refractivity contribution is 0.102. The fraction of sp³-hybridized carbons (Fsp3) is 0.188. The summed E-state index contributed by atoms with van der Waals surface area (Å²) >= 11 is 6.80. The van der Waals surface area contributed by atoms with Gasteiger partial charge in [-0.05, 0) is 70.7 Å². The minimum atomic E-state index is -0.119. The summed E-state index contributed by atoms with van der Waals surface area (Å²) in [6.07, 6.45) is 2.17. The third-order valence-corrected chi connectivity index (χ3v) is 4.66. The number of amides is 1. The highest BCUT2D eigenvalue weighted by Gasteiger charge is 2.13. The fourth-order valence-corrected chi connectivity index (χ4v) is 3.21. The lowest BCUT2D eigenvalue weighted by Gasteiger charge is -2.19. The number of anilines is 2. The fourth-order valence-electron chi connectivity index (χ4n) is 2.42. The Kier molecular flexibility index (Phi) is 4.31. The van der Waals surface area contributed by atoms with Crippen molar-refractivity contribution < 1.29 is 4.79 Å². The van der Waals surface area contributed by atoms with E-state index in [2.05, 4.69) is 42.5 Å². The van der Waals surface area contributed by atoms with Gasteiger partial charge in [-0.2, -0.15) is 0 Å². The molecule has 2 aromatic rings. The number of carbonyl (C=O) groups is 1. The first-order chi connectivity index (χ1) is 10.1. The third kappa shape index (κ3) is 3.30. The Morgan fingerprint density at radius 1 is 1.14 bits per heavy atom. The SMILES string of the molecule is O=C(Nc1ccc2c(c1)CCCN2)c1cc(Br)ccc1Br. The van der Waals surface area contributed by atoms with Gasteiger partial charge < -0.3 is 10.6 Å². The van der Waals surface area contributed by atoms with Gasteiger partial charge in [0, 0.05) is 26.9 Å². The van der Waals surface area contributed by atoms with Crippen LogP contribution in [0.5, 0.6) is 0 Å². The van der Waals surface area contributed by atoms with E-state index in [0.717, 1.165) is 34.0 Å². The van der Waals surface area contributed by atoms with Crippen LogP contribution in [0.2, 0.25) is 0 Å². The lowest BCUT2D eigenvalue weighted by Crippen LogP contribution is -2.15. The largest absolute Gasteiger partial charge is 0.385 e. The van der Waals surface area contributed by atoms with Crippen LogP contribution in [0.4, 0.5) is 11.4 Å². The average molecular weight is 410 g/mol. The van der Waals surface area contributed by atoms with Gasteiger partial charge in [0.05, 0.1) is 5.56 Å². The van der Waals surface area contributed by atoms with Crippen LogP contribution in [0.25, 0.3) is 0 Å². The Morgan fingerprint density at radius 3 is 2.86 bits per heavy atom. The molecule has 0 radical (unpaired) electrons. The summed E-state index contributed by atoms with van der Waals surface area (Å²) in [6, 6.07) is 11.6. The molecule has 21 heavy (non-hydrogen) atoms. The van der Waals surface area contributed by atoms with Crippen molar-refractivity contribution in [3.8, 4) is 0 Å². The number of nitrogens with one attached hydrogen (secondary N) is 2. The number of hydrogen-bond acceptors (Lipinski definition) is 2. The Bertz CT molecular complexity index is 701. The minimum Gasteiger partial charge on any atom is -0.385 e. The van der Waals surface area contributed by atoms with E-state index in [0.29, 0.717) is 5.56 Å². The van der Waals surface area contributed by atoms with E-state index in [-0.39, 0.29) is 5.91 Å². The molecule has 1 heterocycles. The smallest absolute Gasteiger partial charge is 0.256 e. The molecule has 0 fully saturated rings. The summed E-state index contributed by atoms with van der Waals surface area (Å²) < 4.78 is 1.66. The third-order valence-electron chi connectivity index (χ3n) is 3.47. The first-order valence-electron chi connectivity index (χ1n) is 6.77. The lowest BCUT2D eigenvalue weighted by atomic mass is 10.0. The molecule has 3 nitrogen and oxygen atoms in total. The molecular weight excluding hydrogens is 396 g/mol. The minimum absolute atomic E-state index is 0.119.